The van der Waals surface area contributed by atoms with Gasteiger partial charge in [0.2, 0.25) is 0 Å². The molecule has 0 amide bonds. The van der Waals surface area contributed by atoms with Crippen molar-refractivity contribution in [2.45, 2.75) is 32.9 Å². The highest BCUT2D eigenvalue weighted by molar-refractivity contribution is 5.77. The summed E-state index contributed by atoms with van der Waals surface area (Å²) < 4.78 is 0. The lowest BCUT2D eigenvalue weighted by molar-refractivity contribution is 0.201. The van der Waals surface area contributed by atoms with Crippen molar-refractivity contribution in [3.05, 3.63) is 28.4 Å². The molecule has 0 unspecified atom stereocenters. The molecule has 6 nitrogen and oxygen atoms in total. The molecule has 2 atom stereocenters. The molecule has 104 valence electrons. The van der Waals surface area contributed by atoms with Gasteiger partial charge in [0.1, 0.15) is 5.52 Å². The Labute approximate surface area is 111 Å². The van der Waals surface area contributed by atoms with E-state index < -0.39 is 0 Å². The van der Waals surface area contributed by atoms with Gasteiger partial charge in [-0.25, -0.2) is 4.98 Å². The molecule has 2 aromatic heterocycles. The third-order valence-corrected chi connectivity index (χ3v) is 3.63. The van der Waals surface area contributed by atoms with E-state index in [1.54, 1.807) is 6.20 Å². The van der Waals surface area contributed by atoms with Crippen LogP contribution in [0.25, 0.3) is 11.0 Å². The Bertz CT molecular complexity index is 590. The Kier molecular flexibility index (Phi) is 4.34. The SMILES string of the molecule is CC[C@H](C)[C@H](CO)NCc1c[nH]c2c(=O)[nH]cnc12. The summed E-state index contributed by atoms with van der Waals surface area (Å²) in [5.41, 5.74) is 1.93. The second kappa shape index (κ2) is 5.99. The number of aromatic amines is 2. The first-order valence-electron chi connectivity index (χ1n) is 6.55. The van der Waals surface area contributed by atoms with Gasteiger partial charge in [-0.2, -0.15) is 0 Å². The fourth-order valence-corrected chi connectivity index (χ4v) is 2.11. The molecular formula is C13H20N4O2. The lowest BCUT2D eigenvalue weighted by atomic mass is 10.00. The molecule has 0 aliphatic rings. The predicted molar refractivity (Wildman–Crippen MR) is 73.9 cm³/mol. The molecule has 2 aromatic rings. The highest BCUT2D eigenvalue weighted by Gasteiger charge is 2.15. The first-order chi connectivity index (χ1) is 9.17. The number of hydrogen-bond donors (Lipinski definition) is 4. The molecule has 0 radical (unpaired) electrons. The minimum Gasteiger partial charge on any atom is -0.395 e. The van der Waals surface area contributed by atoms with Crippen LogP contribution in [0.4, 0.5) is 0 Å². The van der Waals surface area contributed by atoms with E-state index in [4.69, 9.17) is 0 Å². The van der Waals surface area contributed by atoms with Crippen LogP contribution >= 0.6 is 0 Å². The molecule has 0 saturated heterocycles. The summed E-state index contributed by atoms with van der Waals surface area (Å²) in [6.07, 6.45) is 4.19. The third-order valence-electron chi connectivity index (χ3n) is 3.63. The monoisotopic (exact) mass is 264 g/mol. The first-order valence-corrected chi connectivity index (χ1v) is 6.55. The Morgan fingerprint density at radius 2 is 2.26 bits per heavy atom. The van der Waals surface area contributed by atoms with Crippen LogP contribution in [-0.2, 0) is 6.54 Å². The summed E-state index contributed by atoms with van der Waals surface area (Å²) in [6.45, 7) is 4.88. The average molecular weight is 264 g/mol. The normalized spacial score (nSPS) is 14.7. The number of nitrogens with zero attached hydrogens (tertiary/aromatic N) is 1. The van der Waals surface area contributed by atoms with Crippen molar-refractivity contribution in [1.29, 1.82) is 0 Å². The zero-order valence-electron chi connectivity index (χ0n) is 11.2. The maximum Gasteiger partial charge on any atom is 0.275 e. The number of aromatic nitrogens is 3. The van der Waals surface area contributed by atoms with Crippen LogP contribution in [-0.4, -0.2) is 32.7 Å². The molecule has 0 spiro atoms. The maximum atomic E-state index is 11.6. The summed E-state index contributed by atoms with van der Waals surface area (Å²) in [4.78, 5) is 21.2. The van der Waals surface area contributed by atoms with Gasteiger partial charge >= 0.3 is 0 Å². The van der Waals surface area contributed by atoms with E-state index >= 15 is 0 Å². The van der Waals surface area contributed by atoms with E-state index in [9.17, 15) is 9.90 Å². The van der Waals surface area contributed by atoms with Crippen LogP contribution in [0.5, 0.6) is 0 Å². The highest BCUT2D eigenvalue weighted by Crippen LogP contribution is 2.13. The summed E-state index contributed by atoms with van der Waals surface area (Å²) in [5, 5.41) is 12.7. The molecule has 0 fully saturated rings. The Hall–Kier alpha value is -1.66. The highest BCUT2D eigenvalue weighted by atomic mass is 16.3. The van der Waals surface area contributed by atoms with Gasteiger partial charge in [0.25, 0.3) is 5.56 Å². The molecular weight excluding hydrogens is 244 g/mol. The van der Waals surface area contributed by atoms with E-state index in [0.29, 0.717) is 23.5 Å². The quantitative estimate of drug-likeness (QED) is 0.619. The largest absolute Gasteiger partial charge is 0.395 e. The molecule has 19 heavy (non-hydrogen) atoms. The van der Waals surface area contributed by atoms with Crippen molar-refractivity contribution < 1.29 is 5.11 Å². The molecule has 6 heteroatoms. The van der Waals surface area contributed by atoms with E-state index in [1.165, 1.54) is 6.33 Å². The van der Waals surface area contributed by atoms with Crippen molar-refractivity contribution in [3.63, 3.8) is 0 Å². The van der Waals surface area contributed by atoms with Crippen molar-refractivity contribution in [2.24, 2.45) is 5.92 Å². The van der Waals surface area contributed by atoms with Crippen molar-refractivity contribution in [3.8, 4) is 0 Å². The fourth-order valence-electron chi connectivity index (χ4n) is 2.11. The van der Waals surface area contributed by atoms with Gasteiger partial charge in [0, 0.05) is 24.3 Å². The van der Waals surface area contributed by atoms with Crippen molar-refractivity contribution >= 4 is 11.0 Å². The zero-order chi connectivity index (χ0) is 13.8. The van der Waals surface area contributed by atoms with Crippen LogP contribution in [0.1, 0.15) is 25.8 Å². The summed E-state index contributed by atoms with van der Waals surface area (Å²) in [6, 6.07) is 0.0527. The Morgan fingerprint density at radius 1 is 1.47 bits per heavy atom. The molecule has 4 N–H and O–H groups in total. The van der Waals surface area contributed by atoms with Gasteiger partial charge in [0.15, 0.2) is 0 Å². The fraction of sp³-hybridized carbons (Fsp3) is 0.538. The standard InChI is InChI=1S/C13H20N4O2/c1-3-8(2)10(6-18)14-4-9-5-15-12-11(9)16-7-17-13(12)19/h5,7-8,10,14-15,18H,3-4,6H2,1-2H3,(H,16,17,19)/t8-,10-/m0/s1. The lowest BCUT2D eigenvalue weighted by Crippen LogP contribution is -2.37. The molecule has 0 aromatic carbocycles. The van der Waals surface area contributed by atoms with Crippen LogP contribution in [0.3, 0.4) is 0 Å². The number of fused-ring (bicyclic) bond motifs is 1. The second-order valence-electron chi connectivity index (χ2n) is 4.82. The summed E-state index contributed by atoms with van der Waals surface area (Å²) in [5.74, 6) is 0.395. The topological polar surface area (TPSA) is 93.8 Å². The Morgan fingerprint density at radius 3 is 2.95 bits per heavy atom. The Balaban J connectivity index is 2.14. The molecule has 0 bridgehead atoms. The molecule has 2 rings (SSSR count). The van der Waals surface area contributed by atoms with E-state index in [0.717, 1.165) is 12.0 Å². The van der Waals surface area contributed by atoms with Crippen LogP contribution < -0.4 is 10.9 Å². The van der Waals surface area contributed by atoms with E-state index in [2.05, 4.69) is 34.1 Å². The number of rotatable bonds is 6. The van der Waals surface area contributed by atoms with Gasteiger partial charge in [-0.15, -0.1) is 0 Å². The first kappa shape index (κ1) is 13.8. The number of aliphatic hydroxyl groups excluding tert-OH is 1. The zero-order valence-corrected chi connectivity index (χ0v) is 11.2. The molecule has 0 saturated carbocycles. The molecule has 0 aliphatic carbocycles. The van der Waals surface area contributed by atoms with Crippen LogP contribution in [0.15, 0.2) is 17.3 Å². The van der Waals surface area contributed by atoms with Gasteiger partial charge in [0.05, 0.1) is 18.5 Å². The van der Waals surface area contributed by atoms with Crippen molar-refractivity contribution in [2.75, 3.05) is 6.61 Å². The van der Waals surface area contributed by atoms with Crippen molar-refractivity contribution in [1.82, 2.24) is 20.3 Å². The number of nitrogens with one attached hydrogen (secondary N) is 3. The average Bonchev–Trinajstić information content (AvgIpc) is 2.84. The van der Waals surface area contributed by atoms with Crippen LogP contribution in [0.2, 0.25) is 0 Å². The van der Waals surface area contributed by atoms with Gasteiger partial charge < -0.3 is 20.4 Å². The maximum absolute atomic E-state index is 11.6. The van der Waals surface area contributed by atoms with E-state index in [1.807, 2.05) is 0 Å². The smallest absolute Gasteiger partial charge is 0.275 e. The van der Waals surface area contributed by atoms with Crippen LogP contribution in [0, 0.1) is 5.92 Å². The molecule has 2 heterocycles. The van der Waals surface area contributed by atoms with E-state index in [-0.39, 0.29) is 18.2 Å². The van der Waals surface area contributed by atoms with Gasteiger partial charge in [-0.05, 0) is 5.92 Å². The second-order valence-corrected chi connectivity index (χ2v) is 4.82. The third kappa shape index (κ3) is 2.85. The number of aliphatic hydroxyl groups is 1. The summed E-state index contributed by atoms with van der Waals surface area (Å²) >= 11 is 0. The minimum absolute atomic E-state index is 0.0527. The number of hydrogen-bond acceptors (Lipinski definition) is 4. The summed E-state index contributed by atoms with van der Waals surface area (Å²) in [7, 11) is 0. The lowest BCUT2D eigenvalue weighted by Gasteiger charge is -2.21. The van der Waals surface area contributed by atoms with Gasteiger partial charge in [-0.3, -0.25) is 4.79 Å². The molecule has 0 aliphatic heterocycles. The predicted octanol–water partition coefficient (Wildman–Crippen LogP) is 0.748. The number of H-pyrrole nitrogens is 2. The van der Waals surface area contributed by atoms with Gasteiger partial charge in [-0.1, -0.05) is 20.3 Å². The minimum atomic E-state index is -0.170.